The molecule has 0 aromatic carbocycles. The van der Waals surface area contributed by atoms with Crippen LogP contribution in [0, 0.1) is 17.8 Å². The van der Waals surface area contributed by atoms with Gasteiger partial charge in [-0.15, -0.1) is 11.3 Å². The lowest BCUT2D eigenvalue weighted by Crippen LogP contribution is -2.36. The number of rotatable bonds is 8. The number of carbonyl (C=O) groups excluding carboxylic acids is 3. The summed E-state index contributed by atoms with van der Waals surface area (Å²) in [4.78, 5) is 36.3. The zero-order chi connectivity index (χ0) is 19.1. The number of thiophene rings is 1. The zero-order valence-corrected chi connectivity index (χ0v) is 16.6. The molecule has 1 aromatic heterocycles. The summed E-state index contributed by atoms with van der Waals surface area (Å²) in [5, 5.41) is 1.82. The molecule has 26 heavy (non-hydrogen) atoms. The van der Waals surface area contributed by atoms with Crippen LogP contribution in [0.15, 0.2) is 17.5 Å². The molecule has 0 unspecified atom stereocenters. The van der Waals surface area contributed by atoms with Crippen LogP contribution in [0.4, 0.5) is 0 Å². The van der Waals surface area contributed by atoms with Gasteiger partial charge in [0.15, 0.2) is 12.4 Å². The summed E-state index contributed by atoms with van der Waals surface area (Å²) in [6.07, 6.45) is 3.03. The average molecular weight is 381 g/mol. The average Bonchev–Trinajstić information content (AvgIpc) is 3.12. The van der Waals surface area contributed by atoms with E-state index in [2.05, 4.69) is 20.8 Å². The third-order valence-electron chi connectivity index (χ3n) is 4.95. The van der Waals surface area contributed by atoms with E-state index in [1.807, 2.05) is 5.38 Å². The van der Waals surface area contributed by atoms with Crippen molar-refractivity contribution in [1.82, 2.24) is 0 Å². The van der Waals surface area contributed by atoms with Crippen LogP contribution in [0.25, 0.3) is 0 Å². The number of esters is 2. The molecule has 144 valence electrons. The van der Waals surface area contributed by atoms with E-state index in [-0.39, 0.29) is 31.3 Å². The van der Waals surface area contributed by atoms with E-state index in [4.69, 9.17) is 9.47 Å². The minimum atomic E-state index is -0.552. The van der Waals surface area contributed by atoms with Crippen molar-refractivity contribution in [2.45, 2.75) is 59.0 Å². The second kappa shape index (κ2) is 9.86. The van der Waals surface area contributed by atoms with E-state index >= 15 is 0 Å². The van der Waals surface area contributed by atoms with Crippen LogP contribution in [0.5, 0.6) is 0 Å². The predicted octanol–water partition coefficient (Wildman–Crippen LogP) is 4.26. The molecular weight excluding hydrogens is 352 g/mol. The molecule has 0 bridgehead atoms. The molecule has 6 heteroatoms. The van der Waals surface area contributed by atoms with Crippen molar-refractivity contribution >= 4 is 29.1 Å². The highest BCUT2D eigenvalue weighted by molar-refractivity contribution is 7.12. The summed E-state index contributed by atoms with van der Waals surface area (Å²) in [6, 6.07) is 3.52. The van der Waals surface area contributed by atoms with Crippen LogP contribution in [0.3, 0.4) is 0 Å². The first-order chi connectivity index (χ1) is 12.4. The highest BCUT2D eigenvalue weighted by atomic mass is 32.1. The second-order valence-corrected chi connectivity index (χ2v) is 8.36. The molecule has 0 aliphatic heterocycles. The first-order valence-corrected chi connectivity index (χ1v) is 10.2. The Kier molecular flexibility index (Phi) is 7.82. The molecule has 1 aliphatic rings. The first-order valence-electron chi connectivity index (χ1n) is 9.28. The Balaban J connectivity index is 1.71. The number of ketones is 1. The lowest BCUT2D eigenvalue weighted by atomic mass is 9.75. The second-order valence-electron chi connectivity index (χ2n) is 7.42. The van der Waals surface area contributed by atoms with Crippen molar-refractivity contribution in [3.05, 3.63) is 22.4 Å². The number of carbonyl (C=O) groups is 3. The smallest absolute Gasteiger partial charge is 0.344 e. The van der Waals surface area contributed by atoms with E-state index < -0.39 is 11.9 Å². The van der Waals surface area contributed by atoms with Crippen molar-refractivity contribution in [1.29, 1.82) is 0 Å². The molecule has 5 nitrogen and oxygen atoms in total. The van der Waals surface area contributed by atoms with Crippen LogP contribution < -0.4 is 0 Å². The van der Waals surface area contributed by atoms with Crippen molar-refractivity contribution in [3.8, 4) is 0 Å². The molecule has 0 spiro atoms. The molecule has 1 fully saturated rings. The third kappa shape index (κ3) is 6.24. The summed E-state index contributed by atoms with van der Waals surface area (Å²) in [5.41, 5.74) is 0. The van der Waals surface area contributed by atoms with Crippen molar-refractivity contribution < 1.29 is 23.9 Å². The monoisotopic (exact) mass is 380 g/mol. The standard InChI is InChI=1S/C20H28O5S/c1-13(2)15-7-6-14(3)11-17(15)25-20(23)12-24-19(22)9-8-16(21)18-5-4-10-26-18/h4-5,10,13-15,17H,6-9,11-12H2,1-3H3/t14-,15-,17+/m1/s1. The van der Waals surface area contributed by atoms with E-state index in [0.29, 0.717) is 22.6 Å². The Morgan fingerprint density at radius 2 is 1.96 bits per heavy atom. The van der Waals surface area contributed by atoms with Gasteiger partial charge in [0.2, 0.25) is 0 Å². The Morgan fingerprint density at radius 1 is 1.19 bits per heavy atom. The minimum absolute atomic E-state index is 0.0287. The van der Waals surface area contributed by atoms with Crippen LogP contribution in [0.2, 0.25) is 0 Å². The largest absolute Gasteiger partial charge is 0.460 e. The first kappa shape index (κ1) is 20.6. The van der Waals surface area contributed by atoms with E-state index in [1.165, 1.54) is 11.3 Å². The van der Waals surface area contributed by atoms with Gasteiger partial charge in [0.25, 0.3) is 0 Å². The molecular formula is C20H28O5S. The van der Waals surface area contributed by atoms with E-state index in [1.54, 1.807) is 12.1 Å². The number of Topliss-reactive ketones (excluding diaryl/α,β-unsaturated/α-hetero) is 1. The predicted molar refractivity (Wildman–Crippen MR) is 100 cm³/mol. The lowest BCUT2D eigenvalue weighted by molar-refractivity contribution is -0.167. The van der Waals surface area contributed by atoms with Gasteiger partial charge in [0.1, 0.15) is 6.10 Å². The molecule has 0 N–H and O–H groups in total. The van der Waals surface area contributed by atoms with Gasteiger partial charge in [-0.05, 0) is 42.0 Å². The Morgan fingerprint density at radius 3 is 2.62 bits per heavy atom. The molecule has 0 radical (unpaired) electrons. The third-order valence-corrected chi connectivity index (χ3v) is 5.86. The molecule has 1 saturated carbocycles. The molecule has 0 saturated heterocycles. The van der Waals surface area contributed by atoms with E-state index in [0.717, 1.165) is 19.3 Å². The van der Waals surface area contributed by atoms with Crippen molar-refractivity contribution in [3.63, 3.8) is 0 Å². The van der Waals surface area contributed by atoms with Crippen LogP contribution in [-0.2, 0) is 19.1 Å². The normalized spacial score (nSPS) is 22.8. The van der Waals surface area contributed by atoms with Crippen molar-refractivity contribution in [2.75, 3.05) is 6.61 Å². The highest BCUT2D eigenvalue weighted by Gasteiger charge is 2.33. The molecule has 3 atom stereocenters. The number of hydrogen-bond acceptors (Lipinski definition) is 6. The van der Waals surface area contributed by atoms with Crippen LogP contribution >= 0.6 is 11.3 Å². The maximum atomic E-state index is 12.1. The quantitative estimate of drug-likeness (QED) is 0.498. The van der Waals surface area contributed by atoms with Gasteiger partial charge >= 0.3 is 11.9 Å². The van der Waals surface area contributed by atoms with Gasteiger partial charge in [-0.1, -0.05) is 33.3 Å². The fourth-order valence-corrected chi connectivity index (χ4v) is 4.14. The fraction of sp³-hybridized carbons (Fsp3) is 0.650. The zero-order valence-electron chi connectivity index (χ0n) is 15.7. The highest BCUT2D eigenvalue weighted by Crippen LogP contribution is 2.35. The molecule has 1 aromatic rings. The summed E-state index contributed by atoms with van der Waals surface area (Å²) in [7, 11) is 0. The summed E-state index contributed by atoms with van der Waals surface area (Å²) in [6.45, 7) is 6.07. The van der Waals surface area contributed by atoms with Gasteiger partial charge in [0.05, 0.1) is 11.3 Å². The van der Waals surface area contributed by atoms with Crippen molar-refractivity contribution in [2.24, 2.45) is 17.8 Å². The number of hydrogen-bond donors (Lipinski definition) is 0. The van der Waals surface area contributed by atoms with Gasteiger partial charge in [-0.25, -0.2) is 4.79 Å². The number of ether oxygens (including phenoxy) is 2. The lowest BCUT2D eigenvalue weighted by Gasteiger charge is -2.36. The maximum Gasteiger partial charge on any atom is 0.344 e. The summed E-state index contributed by atoms with van der Waals surface area (Å²) < 4.78 is 10.6. The Hall–Kier alpha value is -1.69. The minimum Gasteiger partial charge on any atom is -0.460 e. The van der Waals surface area contributed by atoms with Gasteiger partial charge in [0, 0.05) is 6.42 Å². The summed E-state index contributed by atoms with van der Waals surface area (Å²) in [5.74, 6) is 0.196. The maximum absolute atomic E-state index is 12.1. The summed E-state index contributed by atoms with van der Waals surface area (Å²) >= 11 is 1.35. The topological polar surface area (TPSA) is 69.7 Å². The SMILES string of the molecule is CC(C)[C@H]1CC[C@@H](C)C[C@@H]1OC(=O)COC(=O)CCC(=O)c1cccs1. The molecule has 1 heterocycles. The molecule has 0 amide bonds. The molecule has 1 aliphatic carbocycles. The molecule has 2 rings (SSSR count). The fourth-order valence-electron chi connectivity index (χ4n) is 3.44. The van der Waals surface area contributed by atoms with Gasteiger partial charge in [-0.2, -0.15) is 0 Å². The van der Waals surface area contributed by atoms with Gasteiger partial charge in [-0.3, -0.25) is 9.59 Å². The van der Waals surface area contributed by atoms with Gasteiger partial charge < -0.3 is 9.47 Å². The van der Waals surface area contributed by atoms with Crippen LogP contribution in [-0.4, -0.2) is 30.4 Å². The van der Waals surface area contributed by atoms with Crippen LogP contribution in [0.1, 0.15) is 62.5 Å². The Bertz CT molecular complexity index is 608. The Labute approximate surface area is 159 Å². The van der Waals surface area contributed by atoms with E-state index in [9.17, 15) is 14.4 Å².